The van der Waals surface area contributed by atoms with Crippen LogP contribution in [-0.4, -0.2) is 27.4 Å². The fraction of sp³-hybridized carbons (Fsp3) is 0.375. The first-order chi connectivity index (χ1) is 10.8. The molecule has 2 heterocycles. The number of pyridine rings is 1. The largest absolute Gasteiger partial charge is 0.354 e. The lowest BCUT2D eigenvalue weighted by atomic mass is 10.2. The Morgan fingerprint density at radius 1 is 1.14 bits per heavy atom. The van der Waals surface area contributed by atoms with Crippen molar-refractivity contribution in [3.05, 3.63) is 48.0 Å². The quantitative estimate of drug-likeness (QED) is 0.732. The second-order valence-electron chi connectivity index (χ2n) is 4.90. The van der Waals surface area contributed by atoms with Crippen LogP contribution in [0.5, 0.6) is 0 Å². The number of hydrogen-bond donors (Lipinski definition) is 2. The van der Waals surface area contributed by atoms with E-state index in [4.69, 9.17) is 0 Å². The van der Waals surface area contributed by atoms with Gasteiger partial charge in [0.2, 0.25) is 5.95 Å². The van der Waals surface area contributed by atoms with E-state index in [9.17, 15) is 4.79 Å². The maximum atomic E-state index is 12.1. The van der Waals surface area contributed by atoms with Gasteiger partial charge in [0, 0.05) is 18.9 Å². The van der Waals surface area contributed by atoms with Crippen LogP contribution in [-0.2, 0) is 6.54 Å². The first-order valence-electron chi connectivity index (χ1n) is 7.54. The summed E-state index contributed by atoms with van der Waals surface area (Å²) < 4.78 is 0. The Balaban J connectivity index is 1.86. The number of amides is 1. The van der Waals surface area contributed by atoms with E-state index in [1.165, 1.54) is 6.42 Å². The molecule has 2 aromatic heterocycles. The zero-order chi connectivity index (χ0) is 15.6. The average molecular weight is 299 g/mol. The number of nitrogens with one attached hydrogen (secondary N) is 2. The molecule has 2 N–H and O–H groups in total. The highest BCUT2D eigenvalue weighted by Crippen LogP contribution is 2.02. The van der Waals surface area contributed by atoms with Crippen molar-refractivity contribution in [3.63, 3.8) is 0 Å². The molecule has 0 unspecified atom stereocenters. The third kappa shape index (κ3) is 5.12. The first-order valence-corrected chi connectivity index (χ1v) is 7.54. The van der Waals surface area contributed by atoms with Crippen LogP contribution in [0.4, 0.5) is 5.95 Å². The molecule has 2 aromatic rings. The van der Waals surface area contributed by atoms with Crippen LogP contribution in [0.3, 0.4) is 0 Å². The van der Waals surface area contributed by atoms with Crippen molar-refractivity contribution >= 4 is 11.9 Å². The molecule has 116 valence electrons. The van der Waals surface area contributed by atoms with Gasteiger partial charge in [-0.25, -0.2) is 9.97 Å². The predicted octanol–water partition coefficient (Wildman–Crippen LogP) is 2.40. The van der Waals surface area contributed by atoms with E-state index in [0.29, 0.717) is 18.2 Å². The summed E-state index contributed by atoms with van der Waals surface area (Å²) in [5.41, 5.74) is 1.16. The highest BCUT2D eigenvalue weighted by molar-refractivity contribution is 5.92. The molecule has 0 bridgehead atoms. The van der Waals surface area contributed by atoms with Gasteiger partial charge < -0.3 is 10.6 Å². The second-order valence-corrected chi connectivity index (χ2v) is 4.90. The van der Waals surface area contributed by atoms with Gasteiger partial charge in [0.15, 0.2) is 0 Å². The van der Waals surface area contributed by atoms with Crippen LogP contribution in [0, 0.1) is 0 Å². The van der Waals surface area contributed by atoms with Gasteiger partial charge in [-0.1, -0.05) is 25.8 Å². The van der Waals surface area contributed by atoms with Crippen molar-refractivity contribution in [1.29, 1.82) is 0 Å². The molecular weight excluding hydrogens is 278 g/mol. The Morgan fingerprint density at radius 3 is 2.82 bits per heavy atom. The molecule has 0 aliphatic heterocycles. The van der Waals surface area contributed by atoms with Crippen molar-refractivity contribution in [3.8, 4) is 0 Å². The van der Waals surface area contributed by atoms with Crippen molar-refractivity contribution in [1.82, 2.24) is 20.3 Å². The van der Waals surface area contributed by atoms with Crippen LogP contribution >= 0.6 is 0 Å². The Hall–Kier alpha value is -2.50. The van der Waals surface area contributed by atoms with E-state index < -0.39 is 0 Å². The highest BCUT2D eigenvalue weighted by Gasteiger charge is 2.08. The number of hydrogen-bond acceptors (Lipinski definition) is 5. The van der Waals surface area contributed by atoms with Gasteiger partial charge >= 0.3 is 0 Å². The Morgan fingerprint density at radius 2 is 2.05 bits per heavy atom. The van der Waals surface area contributed by atoms with Crippen LogP contribution in [0.15, 0.2) is 36.7 Å². The van der Waals surface area contributed by atoms with Crippen LogP contribution in [0.25, 0.3) is 0 Å². The van der Waals surface area contributed by atoms with Crippen LogP contribution in [0.1, 0.15) is 42.4 Å². The third-order valence-electron chi connectivity index (χ3n) is 3.11. The molecule has 0 aromatic carbocycles. The SMILES string of the molecule is CCCCCNc1nccc(C(=O)NCc2ccccn2)n1. The minimum absolute atomic E-state index is 0.232. The van der Waals surface area contributed by atoms with Crippen LogP contribution in [0.2, 0.25) is 0 Å². The number of nitrogens with zero attached hydrogens (tertiary/aromatic N) is 3. The number of carbonyl (C=O) groups excluding carboxylic acids is 1. The van der Waals surface area contributed by atoms with Gasteiger partial charge in [-0.05, 0) is 24.6 Å². The fourth-order valence-electron chi connectivity index (χ4n) is 1.91. The topological polar surface area (TPSA) is 79.8 Å². The van der Waals surface area contributed by atoms with E-state index in [1.807, 2.05) is 18.2 Å². The lowest BCUT2D eigenvalue weighted by Crippen LogP contribution is -2.24. The molecule has 0 aliphatic rings. The molecule has 0 radical (unpaired) electrons. The number of anilines is 1. The molecule has 0 fully saturated rings. The maximum absolute atomic E-state index is 12.1. The Labute approximate surface area is 130 Å². The van der Waals surface area contributed by atoms with Gasteiger partial charge in [0.25, 0.3) is 5.91 Å². The molecule has 22 heavy (non-hydrogen) atoms. The molecule has 0 atom stereocenters. The number of rotatable bonds is 8. The van der Waals surface area contributed by atoms with Crippen molar-refractivity contribution in [2.24, 2.45) is 0 Å². The predicted molar refractivity (Wildman–Crippen MR) is 85.5 cm³/mol. The van der Waals surface area contributed by atoms with Gasteiger partial charge in [0.1, 0.15) is 5.69 Å². The van der Waals surface area contributed by atoms with E-state index in [1.54, 1.807) is 18.5 Å². The molecule has 2 rings (SSSR count). The number of carbonyl (C=O) groups is 1. The molecule has 0 saturated heterocycles. The van der Waals surface area contributed by atoms with Crippen molar-refractivity contribution in [2.45, 2.75) is 32.7 Å². The fourth-order valence-corrected chi connectivity index (χ4v) is 1.91. The zero-order valence-corrected chi connectivity index (χ0v) is 12.7. The highest BCUT2D eigenvalue weighted by atomic mass is 16.1. The minimum atomic E-state index is -0.232. The maximum Gasteiger partial charge on any atom is 0.270 e. The molecule has 1 amide bonds. The average Bonchev–Trinajstić information content (AvgIpc) is 2.58. The summed E-state index contributed by atoms with van der Waals surface area (Å²) in [5, 5.41) is 5.93. The van der Waals surface area contributed by atoms with Crippen LogP contribution < -0.4 is 10.6 Å². The van der Waals surface area contributed by atoms with Gasteiger partial charge in [-0.2, -0.15) is 0 Å². The molecule has 6 nitrogen and oxygen atoms in total. The lowest BCUT2D eigenvalue weighted by Gasteiger charge is -2.07. The summed E-state index contributed by atoms with van der Waals surface area (Å²) in [5.74, 6) is 0.256. The molecular formula is C16H21N5O. The lowest BCUT2D eigenvalue weighted by molar-refractivity contribution is 0.0945. The molecule has 6 heteroatoms. The molecule has 0 saturated carbocycles. The summed E-state index contributed by atoms with van der Waals surface area (Å²) in [4.78, 5) is 24.6. The number of aromatic nitrogens is 3. The van der Waals surface area contributed by atoms with Gasteiger partial charge in [-0.3, -0.25) is 9.78 Å². The van der Waals surface area contributed by atoms with E-state index in [0.717, 1.165) is 25.1 Å². The smallest absolute Gasteiger partial charge is 0.270 e. The molecule has 0 aliphatic carbocycles. The normalized spacial score (nSPS) is 10.2. The molecule has 0 spiro atoms. The van der Waals surface area contributed by atoms with Gasteiger partial charge in [0.05, 0.1) is 12.2 Å². The standard InChI is InChI=1S/C16H21N5O/c1-2-3-5-10-18-16-19-11-8-14(21-16)15(22)20-12-13-7-4-6-9-17-13/h4,6-9,11H,2-3,5,10,12H2,1H3,(H,20,22)(H,18,19,21). The summed E-state index contributed by atoms with van der Waals surface area (Å²) >= 11 is 0. The second kappa shape index (κ2) is 8.71. The van der Waals surface area contributed by atoms with E-state index >= 15 is 0 Å². The van der Waals surface area contributed by atoms with Crippen molar-refractivity contribution < 1.29 is 4.79 Å². The minimum Gasteiger partial charge on any atom is -0.354 e. The Bertz CT molecular complexity index is 588. The Kier molecular flexibility index (Phi) is 6.29. The zero-order valence-electron chi connectivity index (χ0n) is 12.7. The number of unbranched alkanes of at least 4 members (excludes halogenated alkanes) is 2. The van der Waals surface area contributed by atoms with Crippen molar-refractivity contribution in [2.75, 3.05) is 11.9 Å². The summed E-state index contributed by atoms with van der Waals surface area (Å²) in [7, 11) is 0. The summed E-state index contributed by atoms with van der Waals surface area (Å²) in [6.07, 6.45) is 6.68. The summed E-state index contributed by atoms with van der Waals surface area (Å²) in [6, 6.07) is 7.19. The summed E-state index contributed by atoms with van der Waals surface area (Å²) in [6.45, 7) is 3.35. The van der Waals surface area contributed by atoms with Gasteiger partial charge in [-0.15, -0.1) is 0 Å². The first kappa shape index (κ1) is 15.9. The third-order valence-corrected chi connectivity index (χ3v) is 3.11. The monoisotopic (exact) mass is 299 g/mol. The van der Waals surface area contributed by atoms with E-state index in [2.05, 4.69) is 32.5 Å². The van der Waals surface area contributed by atoms with E-state index in [-0.39, 0.29) is 5.91 Å².